The van der Waals surface area contributed by atoms with E-state index in [1.165, 1.54) is 6.33 Å². The summed E-state index contributed by atoms with van der Waals surface area (Å²) in [4.78, 5) is 26.2. The monoisotopic (exact) mass is 577 g/mol. The highest BCUT2D eigenvalue weighted by Crippen LogP contribution is 2.41. The van der Waals surface area contributed by atoms with E-state index in [9.17, 15) is 18.0 Å². The van der Waals surface area contributed by atoms with E-state index in [0.29, 0.717) is 36.8 Å². The van der Waals surface area contributed by atoms with Crippen LogP contribution in [0.3, 0.4) is 0 Å². The van der Waals surface area contributed by atoms with Crippen molar-refractivity contribution >= 4 is 28.9 Å². The lowest BCUT2D eigenvalue weighted by atomic mass is 9.98. The number of anilines is 3. The van der Waals surface area contributed by atoms with E-state index >= 15 is 0 Å². The Labute approximate surface area is 237 Å². The molecule has 1 aliphatic rings. The van der Waals surface area contributed by atoms with Gasteiger partial charge in [-0.15, -0.1) is 0 Å². The number of fused-ring (bicyclic) bond motifs is 1. The predicted octanol–water partition coefficient (Wildman–Crippen LogP) is 4.86. The Morgan fingerprint density at radius 2 is 1.83 bits per heavy atom. The normalized spacial score (nSPS) is 14.3. The first-order valence-corrected chi connectivity index (χ1v) is 13.1. The van der Waals surface area contributed by atoms with Gasteiger partial charge < -0.3 is 20.8 Å². The van der Waals surface area contributed by atoms with Crippen molar-refractivity contribution in [2.75, 3.05) is 42.7 Å². The first-order chi connectivity index (χ1) is 20.3. The van der Waals surface area contributed by atoms with Gasteiger partial charge in [0.2, 0.25) is 0 Å². The lowest BCUT2D eigenvalue weighted by molar-refractivity contribution is -0.137. The first-order valence-electron chi connectivity index (χ1n) is 13.1. The Morgan fingerprint density at radius 3 is 2.55 bits per heavy atom. The van der Waals surface area contributed by atoms with E-state index < -0.39 is 17.8 Å². The molecule has 1 saturated heterocycles. The number of hydrogen-bond donors (Lipinski definition) is 4. The zero-order chi connectivity index (χ0) is 29.3. The molecule has 0 unspecified atom stereocenters. The van der Waals surface area contributed by atoms with Crippen LogP contribution in [0.5, 0.6) is 0 Å². The number of pyridine rings is 1. The molecule has 4 aromatic heterocycles. The molecule has 14 heteroatoms. The van der Waals surface area contributed by atoms with Gasteiger partial charge >= 0.3 is 12.2 Å². The van der Waals surface area contributed by atoms with Crippen LogP contribution in [0, 0.1) is 0 Å². The van der Waals surface area contributed by atoms with Crippen molar-refractivity contribution in [3.05, 3.63) is 78.5 Å². The fourth-order valence-electron chi connectivity index (χ4n) is 5.02. The second-order valence-corrected chi connectivity index (χ2v) is 9.66. The molecule has 2 amide bonds. The summed E-state index contributed by atoms with van der Waals surface area (Å²) in [5.41, 5.74) is 10.9. The molecule has 0 saturated carbocycles. The number of aromatic nitrogens is 5. The molecule has 5 N–H and O–H groups in total. The Morgan fingerprint density at radius 1 is 1.05 bits per heavy atom. The summed E-state index contributed by atoms with van der Waals surface area (Å²) in [7, 11) is 0. The highest BCUT2D eigenvalue weighted by Gasteiger charge is 2.31. The summed E-state index contributed by atoms with van der Waals surface area (Å²) in [6, 6.07) is 11.8. The number of carbonyl (C=O) groups is 1. The van der Waals surface area contributed by atoms with E-state index in [4.69, 9.17) is 10.5 Å². The van der Waals surface area contributed by atoms with E-state index in [0.717, 1.165) is 59.5 Å². The topological polar surface area (TPSA) is 138 Å². The second kappa shape index (κ2) is 11.1. The van der Waals surface area contributed by atoms with Crippen LogP contribution in [0.15, 0.2) is 67.3 Å². The summed E-state index contributed by atoms with van der Waals surface area (Å²) in [6.45, 7) is 3.48. The van der Waals surface area contributed by atoms with E-state index in [1.807, 2.05) is 35.0 Å². The maximum atomic E-state index is 13.0. The van der Waals surface area contributed by atoms with Gasteiger partial charge in [-0.25, -0.2) is 19.3 Å². The molecule has 1 aliphatic heterocycles. The van der Waals surface area contributed by atoms with Gasteiger partial charge in [0, 0.05) is 54.5 Å². The number of rotatable bonds is 6. The van der Waals surface area contributed by atoms with Crippen LogP contribution in [0.4, 0.5) is 35.3 Å². The predicted molar refractivity (Wildman–Crippen MR) is 151 cm³/mol. The fourth-order valence-corrected chi connectivity index (χ4v) is 5.02. The van der Waals surface area contributed by atoms with Gasteiger partial charge in [0.05, 0.1) is 24.5 Å². The quantitative estimate of drug-likeness (QED) is 0.226. The third-order valence-electron chi connectivity index (χ3n) is 6.95. The summed E-state index contributed by atoms with van der Waals surface area (Å²) in [5, 5.41) is 9.52. The average Bonchev–Trinajstić information content (AvgIpc) is 3.61. The minimum Gasteiger partial charge on any atom is -0.382 e. The number of morpholine rings is 1. The summed E-state index contributed by atoms with van der Waals surface area (Å²) >= 11 is 0. The van der Waals surface area contributed by atoms with Crippen LogP contribution in [0.2, 0.25) is 0 Å². The molecule has 0 spiro atoms. The smallest absolute Gasteiger partial charge is 0.382 e. The van der Waals surface area contributed by atoms with Crippen LogP contribution in [0.1, 0.15) is 11.3 Å². The number of carbonyl (C=O) groups excluding carboxylic acids is 1. The molecule has 5 heterocycles. The van der Waals surface area contributed by atoms with E-state index in [-0.39, 0.29) is 5.82 Å². The van der Waals surface area contributed by atoms with Gasteiger partial charge in [-0.2, -0.15) is 18.3 Å². The number of urea groups is 1. The van der Waals surface area contributed by atoms with Crippen LogP contribution < -0.4 is 16.4 Å². The van der Waals surface area contributed by atoms with Gasteiger partial charge in [-0.1, -0.05) is 12.1 Å². The minimum absolute atomic E-state index is 0.224. The van der Waals surface area contributed by atoms with Gasteiger partial charge in [0.1, 0.15) is 17.7 Å². The highest BCUT2D eigenvalue weighted by atomic mass is 19.4. The number of nitrogens with two attached hydrogens (primary N) is 1. The van der Waals surface area contributed by atoms with Crippen LogP contribution in [-0.4, -0.2) is 61.8 Å². The molecule has 1 fully saturated rings. The molecular weight excluding hydrogens is 551 g/mol. The standard InChI is InChI=1S/C28H26F3N9O2/c29-28(30,31)18-7-9-34-22(14-18)38-27(41)37-19-5-3-17(4-6-19)23-24(20-2-1-8-33-20)21(15-39-10-12-42-13-11-39)40-25(23)26(32)35-16-36-40/h1-9,14,16,33H,10-13,15H2,(H2,32,35,36)(H2,34,37,38,41). The number of benzene rings is 1. The Balaban J connectivity index is 1.33. The SMILES string of the molecule is Nc1ncnn2c(CN3CCOCC3)c(-c3ccc[nH]3)c(-c3ccc(NC(=O)Nc4cc(C(F)(F)F)ccn4)cc3)c12. The first kappa shape index (κ1) is 27.2. The van der Waals surface area contributed by atoms with E-state index in [1.54, 1.807) is 12.1 Å². The third-order valence-corrected chi connectivity index (χ3v) is 6.95. The molecule has 1 aromatic carbocycles. The molecule has 0 aliphatic carbocycles. The maximum Gasteiger partial charge on any atom is 0.416 e. The zero-order valence-corrected chi connectivity index (χ0v) is 22.2. The largest absolute Gasteiger partial charge is 0.416 e. The van der Waals surface area contributed by atoms with Crippen LogP contribution in [0.25, 0.3) is 27.9 Å². The Kier molecular flexibility index (Phi) is 7.22. The van der Waals surface area contributed by atoms with Crippen molar-refractivity contribution in [3.63, 3.8) is 0 Å². The molecule has 0 radical (unpaired) electrons. The maximum absolute atomic E-state index is 13.0. The zero-order valence-electron chi connectivity index (χ0n) is 22.2. The molecule has 11 nitrogen and oxygen atoms in total. The van der Waals surface area contributed by atoms with Crippen LogP contribution in [-0.2, 0) is 17.5 Å². The molecule has 0 atom stereocenters. The van der Waals surface area contributed by atoms with Crippen LogP contribution >= 0.6 is 0 Å². The van der Waals surface area contributed by atoms with Crippen molar-refractivity contribution in [1.29, 1.82) is 0 Å². The van der Waals surface area contributed by atoms with Gasteiger partial charge in [0.15, 0.2) is 5.82 Å². The average molecular weight is 578 g/mol. The van der Waals surface area contributed by atoms with Crippen molar-refractivity contribution in [2.45, 2.75) is 12.7 Å². The van der Waals surface area contributed by atoms with Gasteiger partial charge in [-0.3, -0.25) is 10.2 Å². The number of ether oxygens (including phenoxy) is 1. The Bertz CT molecular complexity index is 1710. The van der Waals surface area contributed by atoms with Crippen molar-refractivity contribution < 1.29 is 22.7 Å². The lowest BCUT2D eigenvalue weighted by Crippen LogP contribution is -2.36. The summed E-state index contributed by atoms with van der Waals surface area (Å²) in [5.74, 6) is 0.0919. The number of halogens is 3. The number of aromatic amines is 1. The number of hydrogen-bond acceptors (Lipinski definition) is 7. The molecule has 216 valence electrons. The second-order valence-electron chi connectivity index (χ2n) is 9.66. The molecule has 6 rings (SSSR count). The summed E-state index contributed by atoms with van der Waals surface area (Å²) < 4.78 is 46.4. The number of nitrogen functional groups attached to an aromatic ring is 1. The molecule has 0 bridgehead atoms. The van der Waals surface area contributed by atoms with Gasteiger partial charge in [-0.05, 0) is 42.0 Å². The number of alkyl halides is 3. The van der Waals surface area contributed by atoms with Crippen molar-refractivity contribution in [1.82, 2.24) is 29.5 Å². The van der Waals surface area contributed by atoms with E-state index in [2.05, 4.69) is 35.6 Å². The number of H-pyrrole nitrogens is 1. The number of amides is 2. The summed E-state index contributed by atoms with van der Waals surface area (Å²) in [6.07, 6.45) is -0.289. The molecule has 42 heavy (non-hydrogen) atoms. The van der Waals surface area contributed by atoms with Gasteiger partial charge in [0.25, 0.3) is 0 Å². The third kappa shape index (κ3) is 5.49. The molecular formula is C28H26F3N9O2. The van der Waals surface area contributed by atoms with Crippen molar-refractivity contribution in [3.8, 4) is 22.4 Å². The van der Waals surface area contributed by atoms with Crippen molar-refractivity contribution in [2.24, 2.45) is 0 Å². The highest BCUT2D eigenvalue weighted by molar-refractivity contribution is 6.01. The molecule has 5 aromatic rings. The number of nitrogens with one attached hydrogen (secondary N) is 3. The number of nitrogens with zero attached hydrogens (tertiary/aromatic N) is 5. The lowest BCUT2D eigenvalue weighted by Gasteiger charge is -2.26. The minimum atomic E-state index is -4.55. The fraction of sp³-hybridized carbons (Fsp3) is 0.214. The Hall–Kier alpha value is -4.95.